The Balaban J connectivity index is 1.48. The van der Waals surface area contributed by atoms with Gasteiger partial charge in [0.2, 0.25) is 0 Å². The first-order chi connectivity index (χ1) is 17.4. The number of nitrogens with zero attached hydrogens (tertiary/aromatic N) is 1. The molecule has 1 N–H and O–H groups in total. The van der Waals surface area contributed by atoms with E-state index in [0.717, 1.165) is 30.5 Å². The Morgan fingerprint density at radius 1 is 1.00 bits per heavy atom. The Morgan fingerprint density at radius 3 is 2.56 bits per heavy atom. The summed E-state index contributed by atoms with van der Waals surface area (Å²) in [5.41, 5.74) is 7.06. The first-order valence-corrected chi connectivity index (χ1v) is 12.9. The van der Waals surface area contributed by atoms with E-state index in [2.05, 4.69) is 41.4 Å². The van der Waals surface area contributed by atoms with Gasteiger partial charge in [-0.05, 0) is 58.9 Å². The number of aliphatic carboxylic acids is 1. The highest BCUT2D eigenvalue weighted by Gasteiger charge is 2.25. The smallest absolute Gasteiger partial charge is 0.307 e. The zero-order valence-corrected chi connectivity index (χ0v) is 20.6. The number of halogens is 2. The van der Waals surface area contributed by atoms with Crippen LogP contribution in [0, 0.1) is 17.6 Å². The molecule has 0 amide bonds. The lowest BCUT2D eigenvalue weighted by atomic mass is 9.97. The van der Waals surface area contributed by atoms with Gasteiger partial charge in [0.05, 0.1) is 22.4 Å². The van der Waals surface area contributed by atoms with Crippen LogP contribution in [-0.4, -0.2) is 21.8 Å². The number of fused-ring (bicyclic) bond motifs is 3. The van der Waals surface area contributed by atoms with Gasteiger partial charge in [-0.1, -0.05) is 61.5 Å². The largest absolute Gasteiger partial charge is 0.481 e. The summed E-state index contributed by atoms with van der Waals surface area (Å²) in [5, 5.41) is 10.0. The summed E-state index contributed by atoms with van der Waals surface area (Å²) in [6, 6.07) is 20.6. The van der Waals surface area contributed by atoms with Crippen LogP contribution < -0.4 is 0 Å². The second kappa shape index (κ2) is 10.2. The molecule has 0 saturated carbocycles. The van der Waals surface area contributed by atoms with Crippen molar-refractivity contribution in [3.63, 3.8) is 0 Å². The van der Waals surface area contributed by atoms with Gasteiger partial charge in [-0.2, -0.15) is 0 Å². The molecule has 2 atom stereocenters. The van der Waals surface area contributed by atoms with Gasteiger partial charge in [-0.25, -0.2) is 13.8 Å². The summed E-state index contributed by atoms with van der Waals surface area (Å²) >= 11 is 1.68. The van der Waals surface area contributed by atoms with Gasteiger partial charge in [0.25, 0.3) is 0 Å². The molecule has 1 aromatic heterocycles. The van der Waals surface area contributed by atoms with E-state index in [9.17, 15) is 18.7 Å². The van der Waals surface area contributed by atoms with E-state index >= 15 is 0 Å². The lowest BCUT2D eigenvalue weighted by Gasteiger charge is -2.21. The highest BCUT2D eigenvalue weighted by atomic mass is 32.2. The van der Waals surface area contributed by atoms with Gasteiger partial charge < -0.3 is 5.11 Å². The number of carbonyl (C=O) groups is 1. The molecule has 0 radical (unpaired) electrons. The van der Waals surface area contributed by atoms with Crippen LogP contribution in [0.25, 0.3) is 23.1 Å². The highest BCUT2D eigenvalue weighted by Crippen LogP contribution is 2.43. The third-order valence-corrected chi connectivity index (χ3v) is 8.12. The van der Waals surface area contributed by atoms with Crippen molar-refractivity contribution in [1.82, 2.24) is 4.98 Å². The van der Waals surface area contributed by atoms with Crippen LogP contribution in [0.4, 0.5) is 8.78 Å². The number of pyridine rings is 1. The summed E-state index contributed by atoms with van der Waals surface area (Å²) in [6.07, 6.45) is 5.70. The molecule has 0 bridgehead atoms. The van der Waals surface area contributed by atoms with Gasteiger partial charge in [0.1, 0.15) is 0 Å². The van der Waals surface area contributed by atoms with E-state index in [0.29, 0.717) is 22.3 Å². The minimum atomic E-state index is -0.914. The second-order valence-electron chi connectivity index (χ2n) is 9.14. The number of rotatable bonds is 6. The number of carboxylic acid groups (broad SMARTS) is 1. The van der Waals surface area contributed by atoms with Crippen LogP contribution in [0.5, 0.6) is 0 Å². The zero-order chi connectivity index (χ0) is 25.2. The number of aryl methyl sites for hydroxylation is 2. The molecule has 4 aromatic rings. The van der Waals surface area contributed by atoms with Gasteiger partial charge in [-0.3, -0.25) is 4.79 Å². The molecule has 1 aliphatic carbocycles. The van der Waals surface area contributed by atoms with Gasteiger partial charge in [0, 0.05) is 17.2 Å². The minimum absolute atomic E-state index is 0.0468. The molecule has 182 valence electrons. The predicted molar refractivity (Wildman–Crippen MR) is 142 cm³/mol. The Kier molecular flexibility index (Phi) is 6.88. The number of aromatic nitrogens is 1. The fourth-order valence-electron chi connectivity index (χ4n) is 4.54. The van der Waals surface area contributed by atoms with E-state index < -0.39 is 23.5 Å². The maximum Gasteiger partial charge on any atom is 0.307 e. The monoisotopic (exact) mass is 501 g/mol. The molecule has 6 heteroatoms. The molecule has 0 aliphatic heterocycles. The molecule has 1 heterocycles. The maximum atomic E-state index is 13.7. The molecule has 3 nitrogen and oxygen atoms in total. The fraction of sp³-hybridized carbons (Fsp3) is 0.200. The SMILES string of the molecule is C[C@H](CSC1c2ccccc2CCc2ccc(C=Cc3ccc4cc(F)c(F)cc4n3)cc21)C(=O)O. The van der Waals surface area contributed by atoms with Crippen LogP contribution in [0.2, 0.25) is 0 Å². The molecule has 0 spiro atoms. The molecule has 1 aliphatic rings. The van der Waals surface area contributed by atoms with E-state index in [1.165, 1.54) is 22.3 Å². The summed E-state index contributed by atoms with van der Waals surface area (Å²) in [6.45, 7) is 1.74. The molecule has 36 heavy (non-hydrogen) atoms. The van der Waals surface area contributed by atoms with E-state index in [1.54, 1.807) is 30.8 Å². The van der Waals surface area contributed by atoms with Crippen LogP contribution in [0.3, 0.4) is 0 Å². The van der Waals surface area contributed by atoms with Crippen molar-refractivity contribution in [2.45, 2.75) is 25.0 Å². The lowest BCUT2D eigenvalue weighted by Crippen LogP contribution is -2.13. The normalized spacial score (nSPS) is 15.9. The standard InChI is InChI=1S/C30H25F2NO2S/c1-18(30(34)35)17-36-29-24-5-3-2-4-20(24)9-10-21-8-6-19(14-25(21)29)7-12-23-13-11-22-15-26(31)27(32)16-28(22)33-23/h2-8,11-16,18,29H,9-10,17H2,1H3,(H,34,35)/t18-,29?/m1/s1. The quantitative estimate of drug-likeness (QED) is 0.301. The molecule has 0 fully saturated rings. The average Bonchev–Trinajstić information content (AvgIpc) is 3.03. The third kappa shape index (κ3) is 5.05. The van der Waals surface area contributed by atoms with Gasteiger partial charge in [-0.15, -0.1) is 11.8 Å². The van der Waals surface area contributed by atoms with Crippen LogP contribution in [0.1, 0.15) is 45.7 Å². The molecule has 1 unspecified atom stereocenters. The van der Waals surface area contributed by atoms with Crippen LogP contribution in [-0.2, 0) is 17.6 Å². The number of hydrogen-bond donors (Lipinski definition) is 1. The van der Waals surface area contributed by atoms with Crippen molar-refractivity contribution in [3.8, 4) is 0 Å². The summed E-state index contributed by atoms with van der Waals surface area (Å²) < 4.78 is 27.2. The number of hydrogen-bond acceptors (Lipinski definition) is 3. The van der Waals surface area contributed by atoms with Crippen molar-refractivity contribution >= 4 is 40.8 Å². The van der Waals surface area contributed by atoms with E-state index in [-0.39, 0.29) is 5.25 Å². The first-order valence-electron chi connectivity index (χ1n) is 11.9. The van der Waals surface area contributed by atoms with Crippen molar-refractivity contribution in [2.24, 2.45) is 5.92 Å². The van der Waals surface area contributed by atoms with Crippen LogP contribution >= 0.6 is 11.8 Å². The van der Waals surface area contributed by atoms with E-state index in [4.69, 9.17) is 0 Å². The molecule has 0 saturated heterocycles. The highest BCUT2D eigenvalue weighted by molar-refractivity contribution is 7.99. The van der Waals surface area contributed by atoms with Crippen LogP contribution in [0.15, 0.2) is 66.7 Å². The summed E-state index contributed by atoms with van der Waals surface area (Å²) in [4.78, 5) is 15.9. The zero-order valence-electron chi connectivity index (χ0n) is 19.7. The number of benzene rings is 3. The van der Waals surface area contributed by atoms with Crippen molar-refractivity contribution in [3.05, 3.63) is 112 Å². The molecular weight excluding hydrogens is 476 g/mol. The molecule has 5 rings (SSSR count). The Hall–Kier alpha value is -3.51. The van der Waals surface area contributed by atoms with Crippen molar-refractivity contribution in [1.29, 1.82) is 0 Å². The van der Waals surface area contributed by atoms with Crippen molar-refractivity contribution < 1.29 is 18.7 Å². The lowest BCUT2D eigenvalue weighted by molar-refractivity contribution is -0.140. The summed E-state index contributed by atoms with van der Waals surface area (Å²) in [7, 11) is 0. The Bertz CT molecular complexity index is 1480. The second-order valence-corrected chi connectivity index (χ2v) is 10.3. The maximum absolute atomic E-state index is 13.7. The molecular formula is C30H25F2NO2S. The minimum Gasteiger partial charge on any atom is -0.481 e. The number of thioether (sulfide) groups is 1. The topological polar surface area (TPSA) is 50.2 Å². The molecule has 3 aromatic carbocycles. The third-order valence-electron chi connectivity index (χ3n) is 6.59. The van der Waals surface area contributed by atoms with Gasteiger partial charge in [0.15, 0.2) is 11.6 Å². The number of carboxylic acids is 1. The first kappa shape index (κ1) is 24.2. The summed E-state index contributed by atoms with van der Waals surface area (Å²) in [5.74, 6) is -2.50. The van der Waals surface area contributed by atoms with E-state index in [1.807, 2.05) is 18.2 Å². The van der Waals surface area contributed by atoms with Crippen molar-refractivity contribution in [2.75, 3.05) is 5.75 Å². The Morgan fingerprint density at radius 2 is 1.75 bits per heavy atom. The van der Waals surface area contributed by atoms with Gasteiger partial charge >= 0.3 is 5.97 Å². The average molecular weight is 502 g/mol. The fourth-order valence-corrected chi connectivity index (χ4v) is 5.97. The Labute approximate surface area is 212 Å². The predicted octanol–water partition coefficient (Wildman–Crippen LogP) is 7.33.